The number of benzene rings is 2. The zero-order chi connectivity index (χ0) is 21.6. The first-order valence-corrected chi connectivity index (χ1v) is 8.70. The molecule has 5 N–H and O–H groups in total. The van der Waals surface area contributed by atoms with Crippen LogP contribution in [-0.2, 0) is 22.4 Å². The first-order valence-electron chi connectivity index (χ1n) is 8.32. The zero-order valence-electron chi connectivity index (χ0n) is 14.9. The van der Waals surface area contributed by atoms with Gasteiger partial charge in [0.15, 0.2) is 11.1 Å². The van der Waals surface area contributed by atoms with Crippen LogP contribution in [0.4, 0.5) is 0 Å². The number of phenolic OH excluding ortho intramolecular Hbond substituents is 1. The molecule has 0 aliphatic carbocycles. The second kappa shape index (κ2) is 9.71. The number of nitrogens with two attached hydrogens (primary N) is 1. The molecule has 154 valence electrons. The van der Waals surface area contributed by atoms with Crippen LogP contribution < -0.4 is 15.9 Å². The normalized spacial score (nSPS) is 12.6. The molecule has 0 radical (unpaired) electrons. The van der Waals surface area contributed by atoms with Gasteiger partial charge < -0.3 is 20.7 Å². The highest BCUT2D eigenvalue weighted by Crippen LogP contribution is 2.26. The highest BCUT2D eigenvalue weighted by molar-refractivity contribution is 6.32. The molecule has 0 aliphatic rings. The van der Waals surface area contributed by atoms with E-state index in [1.807, 2.05) is 5.43 Å². The number of nitro groups is 1. The van der Waals surface area contributed by atoms with Crippen molar-refractivity contribution in [3.05, 3.63) is 68.7 Å². The fourth-order valence-corrected chi connectivity index (χ4v) is 2.69. The van der Waals surface area contributed by atoms with Crippen LogP contribution in [0, 0.1) is 10.1 Å². The van der Waals surface area contributed by atoms with Crippen LogP contribution in [0.25, 0.3) is 0 Å². The van der Waals surface area contributed by atoms with E-state index >= 15 is 0 Å². The van der Waals surface area contributed by atoms with E-state index in [4.69, 9.17) is 27.2 Å². The van der Waals surface area contributed by atoms with Crippen molar-refractivity contribution in [2.75, 3.05) is 0 Å². The molecule has 2 aromatic carbocycles. The maximum Gasteiger partial charge on any atom is 0.340 e. The minimum absolute atomic E-state index is 0.0181. The van der Waals surface area contributed by atoms with Gasteiger partial charge in [-0.1, -0.05) is 29.8 Å². The molecule has 0 aromatic heterocycles. The minimum Gasteiger partial charge on any atom is -0.508 e. The summed E-state index contributed by atoms with van der Waals surface area (Å²) in [5.74, 6) is -2.12. The number of halogens is 1. The molecule has 11 heteroatoms. The number of hydrogen-bond donors (Lipinski definition) is 4. The van der Waals surface area contributed by atoms with Gasteiger partial charge in [0, 0.05) is 6.42 Å². The summed E-state index contributed by atoms with van der Waals surface area (Å²) in [6.07, 6.45) is -0.0428. The Kier molecular flexibility index (Phi) is 7.34. The standard InChI is InChI=1S/C18H18ClN3O7/c19-13-7-11(8-14(20)17(24)25)3-6-16(13)29-18(26)15(21-22(27)28)9-10-1-4-12(23)5-2-10/h1-7,14-15,21,23H,8-9,20H2,(H,24,25)/t14-,15-/m0/s1. The molecule has 0 spiro atoms. The van der Waals surface area contributed by atoms with E-state index in [0.717, 1.165) is 0 Å². The van der Waals surface area contributed by atoms with Crippen molar-refractivity contribution in [1.82, 2.24) is 5.43 Å². The van der Waals surface area contributed by atoms with Crippen LogP contribution >= 0.6 is 11.6 Å². The molecule has 0 fully saturated rings. The molecule has 2 atom stereocenters. The molecule has 0 heterocycles. The van der Waals surface area contributed by atoms with E-state index in [-0.39, 0.29) is 29.4 Å². The van der Waals surface area contributed by atoms with E-state index in [1.165, 1.54) is 42.5 Å². The van der Waals surface area contributed by atoms with E-state index < -0.39 is 29.1 Å². The molecule has 2 aromatic rings. The first-order chi connectivity index (χ1) is 13.7. The number of ether oxygens (including phenoxy) is 1. The second-order valence-electron chi connectivity index (χ2n) is 6.14. The molecule has 0 aliphatic heterocycles. The Balaban J connectivity index is 2.12. The summed E-state index contributed by atoms with van der Waals surface area (Å²) in [7, 11) is 0. The average Bonchev–Trinajstić information content (AvgIpc) is 2.64. The molecule has 0 saturated carbocycles. The topological polar surface area (TPSA) is 165 Å². The van der Waals surface area contributed by atoms with Crippen molar-refractivity contribution in [2.45, 2.75) is 24.9 Å². The lowest BCUT2D eigenvalue weighted by Crippen LogP contribution is -2.44. The first kappa shape index (κ1) is 21.9. The van der Waals surface area contributed by atoms with Crippen LogP contribution in [0.1, 0.15) is 11.1 Å². The third-order valence-corrected chi connectivity index (χ3v) is 4.20. The van der Waals surface area contributed by atoms with Crippen LogP contribution in [0.2, 0.25) is 5.02 Å². The summed E-state index contributed by atoms with van der Waals surface area (Å²) in [4.78, 5) is 34.1. The molecule has 0 amide bonds. The number of nitrogens with zero attached hydrogens (tertiary/aromatic N) is 1. The van der Waals surface area contributed by atoms with Crippen LogP contribution in [0.3, 0.4) is 0 Å². The van der Waals surface area contributed by atoms with Gasteiger partial charge in [-0.3, -0.25) is 4.79 Å². The van der Waals surface area contributed by atoms with E-state index in [0.29, 0.717) is 11.1 Å². The van der Waals surface area contributed by atoms with E-state index in [1.54, 1.807) is 0 Å². The maximum absolute atomic E-state index is 12.4. The van der Waals surface area contributed by atoms with Gasteiger partial charge in [0.05, 0.1) is 5.02 Å². The fraction of sp³-hybridized carbons (Fsp3) is 0.222. The summed E-state index contributed by atoms with van der Waals surface area (Å²) in [6, 6.07) is 7.64. The van der Waals surface area contributed by atoms with Crippen molar-refractivity contribution in [1.29, 1.82) is 0 Å². The largest absolute Gasteiger partial charge is 0.508 e. The summed E-state index contributed by atoms with van der Waals surface area (Å²) in [6.45, 7) is 0. The second-order valence-corrected chi connectivity index (χ2v) is 6.55. The highest BCUT2D eigenvalue weighted by Gasteiger charge is 2.26. The zero-order valence-corrected chi connectivity index (χ0v) is 15.7. The lowest BCUT2D eigenvalue weighted by atomic mass is 10.1. The number of aliphatic carboxylic acids is 1. The Hall–Kier alpha value is -3.37. The predicted molar refractivity (Wildman–Crippen MR) is 102 cm³/mol. The van der Waals surface area contributed by atoms with Gasteiger partial charge in [-0.05, 0) is 41.8 Å². The monoisotopic (exact) mass is 423 g/mol. The molecule has 29 heavy (non-hydrogen) atoms. The Morgan fingerprint density at radius 2 is 1.79 bits per heavy atom. The number of hydrazine groups is 1. The van der Waals surface area contributed by atoms with Gasteiger partial charge in [0.2, 0.25) is 0 Å². The maximum atomic E-state index is 12.4. The lowest BCUT2D eigenvalue weighted by molar-refractivity contribution is -0.548. The third kappa shape index (κ3) is 6.63. The van der Waals surface area contributed by atoms with Gasteiger partial charge in [-0.2, -0.15) is 0 Å². The molecule has 10 nitrogen and oxygen atoms in total. The smallest absolute Gasteiger partial charge is 0.340 e. The SMILES string of the molecule is N[C@@H](Cc1ccc(OC(=O)[C@H](Cc2ccc(O)cc2)N[N+](=O)[O-])c(Cl)c1)C(=O)O. The molecular weight excluding hydrogens is 406 g/mol. The number of hydrogen-bond acceptors (Lipinski definition) is 7. The third-order valence-electron chi connectivity index (χ3n) is 3.90. The lowest BCUT2D eigenvalue weighted by Gasteiger charge is -2.15. The predicted octanol–water partition coefficient (Wildman–Crippen LogP) is 1.30. The van der Waals surface area contributed by atoms with Crippen LogP contribution in [0.15, 0.2) is 42.5 Å². The Morgan fingerprint density at radius 1 is 1.17 bits per heavy atom. The quantitative estimate of drug-likeness (QED) is 0.201. The number of carboxylic acid groups (broad SMARTS) is 1. The number of carboxylic acids is 1. The van der Waals surface area contributed by atoms with Gasteiger partial charge in [-0.25, -0.2) is 14.9 Å². The summed E-state index contributed by atoms with van der Waals surface area (Å²) in [5.41, 5.74) is 8.44. The number of esters is 1. The number of carbonyl (C=O) groups excluding carboxylic acids is 1. The van der Waals surface area contributed by atoms with Crippen LogP contribution in [-0.4, -0.2) is 39.3 Å². The Labute approximate surface area is 170 Å². The molecule has 0 bridgehead atoms. The summed E-state index contributed by atoms with van der Waals surface area (Å²) >= 11 is 6.08. The van der Waals surface area contributed by atoms with Crippen molar-refractivity contribution < 1.29 is 29.6 Å². The number of rotatable bonds is 9. The van der Waals surface area contributed by atoms with Gasteiger partial charge >= 0.3 is 11.9 Å². The van der Waals surface area contributed by atoms with Crippen LogP contribution in [0.5, 0.6) is 11.5 Å². The van der Waals surface area contributed by atoms with Gasteiger partial charge in [-0.15, -0.1) is 5.43 Å². The van der Waals surface area contributed by atoms with Crippen molar-refractivity contribution in [3.63, 3.8) is 0 Å². The van der Waals surface area contributed by atoms with Gasteiger partial charge in [0.1, 0.15) is 17.5 Å². The Morgan fingerprint density at radius 3 is 2.34 bits per heavy atom. The van der Waals surface area contributed by atoms with Gasteiger partial charge in [0.25, 0.3) is 0 Å². The molecule has 2 rings (SSSR count). The molecular formula is C18H18ClN3O7. The van der Waals surface area contributed by atoms with Crippen molar-refractivity contribution in [3.8, 4) is 11.5 Å². The number of aromatic hydroxyl groups is 1. The summed E-state index contributed by atoms with van der Waals surface area (Å²) in [5, 5.41) is 28.2. The number of phenols is 1. The van der Waals surface area contributed by atoms with E-state index in [2.05, 4.69) is 0 Å². The number of nitrogens with one attached hydrogen (secondary N) is 1. The summed E-state index contributed by atoms with van der Waals surface area (Å²) < 4.78 is 5.18. The van der Waals surface area contributed by atoms with Crippen molar-refractivity contribution >= 4 is 23.5 Å². The number of carbonyl (C=O) groups is 2. The highest BCUT2D eigenvalue weighted by atomic mass is 35.5. The Bertz CT molecular complexity index is 905. The van der Waals surface area contributed by atoms with E-state index in [9.17, 15) is 24.8 Å². The van der Waals surface area contributed by atoms with Crippen molar-refractivity contribution in [2.24, 2.45) is 5.73 Å². The fourth-order valence-electron chi connectivity index (χ4n) is 2.45. The molecule has 0 saturated heterocycles. The minimum atomic E-state index is -1.31. The average molecular weight is 424 g/mol. The molecule has 0 unspecified atom stereocenters.